The Bertz CT molecular complexity index is 700. The number of hydrogen-bond donors (Lipinski definition) is 1. The maximum Gasteiger partial charge on any atom is 0.0682 e. The fourth-order valence-electron chi connectivity index (χ4n) is 3.03. The lowest BCUT2D eigenvalue weighted by Crippen LogP contribution is -1.98. The van der Waals surface area contributed by atoms with Crippen LogP contribution < -0.4 is 0 Å². The second-order valence-corrected chi connectivity index (χ2v) is 6.09. The standard InChI is InChI=1S/C17H14OS/c18-9-11-5-6-12-8-15-13-3-1-2-4-17(13)19-10-16(15)14(12)7-11/h1-7,18H,8-10H2. The Morgan fingerprint density at radius 3 is 2.79 bits per heavy atom. The van der Waals surface area contributed by atoms with Crippen LogP contribution in [0.15, 0.2) is 47.4 Å². The van der Waals surface area contributed by atoms with Crippen molar-refractivity contribution in [3.63, 3.8) is 0 Å². The molecule has 0 fully saturated rings. The van der Waals surface area contributed by atoms with Crippen LogP contribution in [0.3, 0.4) is 0 Å². The average Bonchev–Trinajstić information content (AvgIpc) is 2.85. The van der Waals surface area contributed by atoms with Gasteiger partial charge in [0.25, 0.3) is 0 Å². The molecule has 0 aromatic heterocycles. The Morgan fingerprint density at radius 2 is 1.89 bits per heavy atom. The van der Waals surface area contributed by atoms with E-state index >= 15 is 0 Å². The molecule has 0 radical (unpaired) electrons. The molecule has 0 unspecified atom stereocenters. The van der Waals surface area contributed by atoms with Gasteiger partial charge in [0.15, 0.2) is 0 Å². The van der Waals surface area contributed by atoms with Gasteiger partial charge in [-0.2, -0.15) is 0 Å². The first-order valence-electron chi connectivity index (χ1n) is 6.54. The molecular formula is C17H14OS. The number of thioether (sulfide) groups is 1. The van der Waals surface area contributed by atoms with Gasteiger partial charge in [-0.1, -0.05) is 30.3 Å². The molecule has 0 spiro atoms. The Morgan fingerprint density at radius 1 is 1.00 bits per heavy atom. The molecule has 0 saturated heterocycles. The molecule has 0 atom stereocenters. The minimum Gasteiger partial charge on any atom is -0.392 e. The van der Waals surface area contributed by atoms with Crippen molar-refractivity contribution >= 4 is 22.9 Å². The van der Waals surface area contributed by atoms with Gasteiger partial charge in [-0.15, -0.1) is 11.8 Å². The first-order chi connectivity index (χ1) is 9.36. The first kappa shape index (κ1) is 11.3. The molecular weight excluding hydrogens is 252 g/mol. The molecule has 2 aromatic carbocycles. The highest BCUT2D eigenvalue weighted by Crippen LogP contribution is 2.47. The van der Waals surface area contributed by atoms with Gasteiger partial charge in [-0.25, -0.2) is 0 Å². The minimum atomic E-state index is 0.125. The summed E-state index contributed by atoms with van der Waals surface area (Å²) in [5.74, 6) is 1.05. The van der Waals surface area contributed by atoms with Crippen molar-refractivity contribution in [3.8, 4) is 0 Å². The lowest BCUT2D eigenvalue weighted by molar-refractivity contribution is 0.282. The fourth-order valence-corrected chi connectivity index (χ4v) is 4.18. The molecule has 1 N–H and O–H groups in total. The van der Waals surface area contributed by atoms with Crippen LogP contribution >= 0.6 is 11.8 Å². The number of fused-ring (bicyclic) bond motifs is 4. The topological polar surface area (TPSA) is 20.2 Å². The van der Waals surface area contributed by atoms with Crippen LogP contribution in [0.5, 0.6) is 0 Å². The van der Waals surface area contributed by atoms with E-state index < -0.39 is 0 Å². The van der Waals surface area contributed by atoms with Crippen LogP contribution in [0.25, 0.3) is 11.1 Å². The van der Waals surface area contributed by atoms with Crippen LogP contribution in [-0.2, 0) is 13.0 Å². The average molecular weight is 266 g/mol. The quantitative estimate of drug-likeness (QED) is 0.848. The third-order valence-electron chi connectivity index (χ3n) is 4.00. The van der Waals surface area contributed by atoms with E-state index in [0.29, 0.717) is 0 Å². The monoisotopic (exact) mass is 266 g/mol. The molecule has 1 aliphatic heterocycles. The predicted molar refractivity (Wildman–Crippen MR) is 80.0 cm³/mol. The van der Waals surface area contributed by atoms with E-state index in [2.05, 4.69) is 36.4 Å². The number of aliphatic hydroxyl groups is 1. The maximum atomic E-state index is 9.30. The van der Waals surface area contributed by atoms with E-state index in [4.69, 9.17) is 0 Å². The van der Waals surface area contributed by atoms with Crippen LogP contribution in [-0.4, -0.2) is 10.9 Å². The first-order valence-corrected chi connectivity index (χ1v) is 7.52. The Kier molecular flexibility index (Phi) is 2.54. The largest absolute Gasteiger partial charge is 0.392 e. The van der Waals surface area contributed by atoms with Gasteiger partial charge >= 0.3 is 0 Å². The molecule has 94 valence electrons. The van der Waals surface area contributed by atoms with Gasteiger partial charge in [0.05, 0.1) is 6.61 Å². The minimum absolute atomic E-state index is 0.125. The highest BCUT2D eigenvalue weighted by molar-refractivity contribution is 7.99. The summed E-state index contributed by atoms with van der Waals surface area (Å²) in [6.45, 7) is 0.125. The fraction of sp³-hybridized carbons (Fsp3) is 0.176. The lowest BCUT2D eigenvalue weighted by Gasteiger charge is -2.18. The van der Waals surface area contributed by atoms with Crippen LogP contribution in [0.4, 0.5) is 0 Å². The maximum absolute atomic E-state index is 9.30. The molecule has 0 saturated carbocycles. The summed E-state index contributed by atoms with van der Waals surface area (Å²) in [5, 5.41) is 9.30. The van der Waals surface area contributed by atoms with Crippen molar-refractivity contribution < 1.29 is 5.11 Å². The Labute approximate surface area is 117 Å². The van der Waals surface area contributed by atoms with Crippen molar-refractivity contribution in [2.24, 2.45) is 0 Å². The van der Waals surface area contributed by atoms with Gasteiger partial charge in [0.2, 0.25) is 0 Å². The van der Waals surface area contributed by atoms with E-state index in [1.807, 2.05) is 17.8 Å². The number of aliphatic hydroxyl groups excluding tert-OH is 1. The van der Waals surface area contributed by atoms with Gasteiger partial charge < -0.3 is 5.11 Å². The SMILES string of the molecule is OCc1ccc2c(c1)C1=C(C2)c2ccccc2SC1. The molecule has 1 heterocycles. The number of benzene rings is 2. The van der Waals surface area contributed by atoms with Gasteiger partial charge in [-0.05, 0) is 52.0 Å². The third kappa shape index (κ3) is 1.67. The lowest BCUT2D eigenvalue weighted by atomic mass is 10.0. The zero-order valence-corrected chi connectivity index (χ0v) is 11.3. The van der Waals surface area contributed by atoms with Gasteiger partial charge in [-0.3, -0.25) is 0 Å². The predicted octanol–water partition coefficient (Wildman–Crippen LogP) is 3.75. The van der Waals surface area contributed by atoms with Crippen LogP contribution in [0.2, 0.25) is 0 Å². The van der Waals surface area contributed by atoms with Crippen molar-refractivity contribution in [2.75, 3.05) is 5.75 Å². The molecule has 19 heavy (non-hydrogen) atoms. The van der Waals surface area contributed by atoms with E-state index in [-0.39, 0.29) is 6.61 Å². The molecule has 2 aliphatic rings. The van der Waals surface area contributed by atoms with E-state index in [9.17, 15) is 5.11 Å². The highest BCUT2D eigenvalue weighted by atomic mass is 32.2. The van der Waals surface area contributed by atoms with E-state index in [1.165, 1.54) is 32.7 Å². The van der Waals surface area contributed by atoms with Gasteiger partial charge in [0, 0.05) is 10.6 Å². The van der Waals surface area contributed by atoms with E-state index in [0.717, 1.165) is 17.7 Å². The smallest absolute Gasteiger partial charge is 0.0682 e. The Hall–Kier alpha value is -1.51. The normalized spacial score (nSPS) is 16.1. The summed E-state index contributed by atoms with van der Waals surface area (Å²) in [6.07, 6.45) is 1.04. The molecule has 0 amide bonds. The molecule has 0 bridgehead atoms. The molecule has 1 nitrogen and oxygen atoms in total. The van der Waals surface area contributed by atoms with Crippen molar-refractivity contribution in [1.29, 1.82) is 0 Å². The highest BCUT2D eigenvalue weighted by Gasteiger charge is 2.27. The van der Waals surface area contributed by atoms with Crippen molar-refractivity contribution in [2.45, 2.75) is 17.9 Å². The summed E-state index contributed by atoms with van der Waals surface area (Å²) in [4.78, 5) is 1.40. The van der Waals surface area contributed by atoms with Gasteiger partial charge in [0.1, 0.15) is 0 Å². The summed E-state index contributed by atoms with van der Waals surface area (Å²) in [5.41, 5.74) is 8.11. The van der Waals surface area contributed by atoms with Crippen LogP contribution in [0, 0.1) is 0 Å². The summed E-state index contributed by atoms with van der Waals surface area (Å²) in [6, 6.07) is 15.1. The zero-order chi connectivity index (χ0) is 12.8. The number of allylic oxidation sites excluding steroid dienone is 1. The van der Waals surface area contributed by atoms with Crippen LogP contribution in [0.1, 0.15) is 22.3 Å². The summed E-state index contributed by atoms with van der Waals surface area (Å²) >= 11 is 1.92. The zero-order valence-electron chi connectivity index (χ0n) is 10.5. The van der Waals surface area contributed by atoms with Crippen molar-refractivity contribution in [3.05, 3.63) is 64.7 Å². The van der Waals surface area contributed by atoms with E-state index in [1.54, 1.807) is 0 Å². The molecule has 2 heteroatoms. The second kappa shape index (κ2) is 4.26. The summed E-state index contributed by atoms with van der Waals surface area (Å²) < 4.78 is 0. The number of rotatable bonds is 1. The second-order valence-electron chi connectivity index (χ2n) is 5.07. The molecule has 2 aromatic rings. The molecule has 1 aliphatic carbocycles. The number of hydrogen-bond acceptors (Lipinski definition) is 2. The van der Waals surface area contributed by atoms with Crippen molar-refractivity contribution in [1.82, 2.24) is 0 Å². The summed E-state index contributed by atoms with van der Waals surface area (Å²) in [7, 11) is 0. The Balaban J connectivity index is 1.89. The molecule has 4 rings (SSSR count). The third-order valence-corrected chi connectivity index (χ3v) is 5.10.